The molecule has 14 nitrogen and oxygen atoms in total. The van der Waals surface area contributed by atoms with Gasteiger partial charge in [-0.05, 0) is 79.7 Å². The zero-order valence-corrected chi connectivity index (χ0v) is 42.8. The molecule has 0 aliphatic heterocycles. The number of halogens is 9. The number of benzene rings is 2. The second-order valence-electron chi connectivity index (χ2n) is 14.0. The van der Waals surface area contributed by atoms with Gasteiger partial charge in [-0.1, -0.05) is 72.1 Å². The molecular weight excluding hydrogens is 1050 g/mol. The predicted molar refractivity (Wildman–Crippen MR) is 255 cm³/mol. The lowest BCUT2D eigenvalue weighted by molar-refractivity contribution is -0.144. The van der Waals surface area contributed by atoms with Crippen molar-refractivity contribution in [1.29, 1.82) is 0 Å². The molecule has 66 heavy (non-hydrogen) atoms. The minimum absolute atomic E-state index is 0.0371. The fourth-order valence-corrected chi connectivity index (χ4v) is 7.44. The van der Waals surface area contributed by atoms with Gasteiger partial charge in [0, 0.05) is 45.1 Å². The highest BCUT2D eigenvalue weighted by molar-refractivity contribution is 9.10. The van der Waals surface area contributed by atoms with Crippen LogP contribution >= 0.6 is 69.7 Å². The lowest BCUT2D eigenvalue weighted by Crippen LogP contribution is -2.35. The van der Waals surface area contributed by atoms with Gasteiger partial charge in [-0.25, -0.2) is 9.18 Å². The number of nitrogens with two attached hydrogens (primary N) is 1. The molecule has 3 rings (SSSR count). The lowest BCUT2D eigenvalue weighted by Gasteiger charge is -2.25. The number of nitrogens with zero attached hydrogens (tertiary/aromatic N) is 4. The maximum Gasteiger partial charge on any atom is 0.434 e. The van der Waals surface area contributed by atoms with E-state index in [-0.39, 0.29) is 58.9 Å². The van der Waals surface area contributed by atoms with Gasteiger partial charge in [-0.3, -0.25) is 28.5 Å². The molecule has 2 aromatic carbocycles. The molecule has 2 amide bonds. The van der Waals surface area contributed by atoms with Gasteiger partial charge < -0.3 is 30.1 Å². The molecule has 0 saturated heterocycles. The molecule has 0 radical (unpaired) electrons. The molecule has 0 saturated carbocycles. The minimum atomic E-state index is -4.69. The van der Waals surface area contributed by atoms with Crippen molar-refractivity contribution in [2.45, 2.75) is 70.6 Å². The van der Waals surface area contributed by atoms with E-state index in [4.69, 9.17) is 71.6 Å². The van der Waals surface area contributed by atoms with Gasteiger partial charge in [0.1, 0.15) is 30.2 Å². The third kappa shape index (κ3) is 21.2. The number of aryl methyl sites for hydroxylation is 3. The number of carbonyl (C=O) groups is 4. The topological polar surface area (TPSA) is 195 Å². The molecule has 1 aromatic heterocycles. The Hall–Kier alpha value is -3.52. The molecule has 0 aliphatic rings. The number of esters is 1. The van der Waals surface area contributed by atoms with Crippen LogP contribution in [0.15, 0.2) is 60.1 Å². The molecule has 24 heteroatoms. The van der Waals surface area contributed by atoms with E-state index in [1.54, 1.807) is 30.9 Å². The fourth-order valence-electron chi connectivity index (χ4n) is 5.26. The average Bonchev–Trinajstić information content (AvgIpc) is 3.53. The quantitative estimate of drug-likeness (QED) is 0.0274. The first-order valence-electron chi connectivity index (χ1n) is 19.6. The largest absolute Gasteiger partial charge is 0.480 e. The number of rotatable bonds is 18. The monoisotopic (exact) mass is 1100 g/mol. The Kier molecular flexibility index (Phi) is 28.5. The van der Waals surface area contributed by atoms with Crippen LogP contribution in [0.1, 0.15) is 61.3 Å². The average molecular weight is 1100 g/mol. The normalized spacial score (nSPS) is 12.2. The number of aliphatic carboxylic acids is 1. The highest BCUT2D eigenvalue weighted by Gasteiger charge is 2.39. The number of hydrogen-bond acceptors (Lipinski definition) is 9. The van der Waals surface area contributed by atoms with Gasteiger partial charge in [-0.15, -0.1) is 24.8 Å². The number of anilines is 1. The van der Waals surface area contributed by atoms with Gasteiger partial charge in [-0.2, -0.15) is 18.3 Å². The number of aromatic nitrogens is 2. The molecule has 2 unspecified atom stereocenters. The van der Waals surface area contributed by atoms with E-state index in [0.717, 1.165) is 42.4 Å². The first-order chi connectivity index (χ1) is 30.5. The highest BCUT2D eigenvalue weighted by Crippen LogP contribution is 2.41. The smallest absolute Gasteiger partial charge is 0.434 e. The van der Waals surface area contributed by atoms with Crippen LogP contribution in [0.5, 0.6) is 0 Å². The maximum absolute atomic E-state index is 14.3. The van der Waals surface area contributed by atoms with E-state index in [1.165, 1.54) is 11.6 Å². The van der Waals surface area contributed by atoms with Crippen LogP contribution in [0, 0.1) is 12.7 Å². The van der Waals surface area contributed by atoms with Gasteiger partial charge in [0.25, 0.3) is 5.91 Å². The summed E-state index contributed by atoms with van der Waals surface area (Å²) in [7, 11) is -2.02. The first kappa shape index (κ1) is 62.5. The molecule has 370 valence electrons. The summed E-state index contributed by atoms with van der Waals surface area (Å²) in [5, 5.41) is 11.8. The number of ether oxygens (including phenoxy) is 2. The summed E-state index contributed by atoms with van der Waals surface area (Å²) in [6.07, 6.45) is -1.05. The van der Waals surface area contributed by atoms with Gasteiger partial charge in [0.05, 0.1) is 26.9 Å². The van der Waals surface area contributed by atoms with Gasteiger partial charge >= 0.3 is 18.1 Å². The van der Waals surface area contributed by atoms with Crippen molar-refractivity contribution in [3.05, 3.63) is 93.3 Å². The summed E-state index contributed by atoms with van der Waals surface area (Å²) < 4.78 is 74.7. The second kappa shape index (κ2) is 30.1. The van der Waals surface area contributed by atoms with Crippen molar-refractivity contribution in [2.75, 3.05) is 50.0 Å². The highest BCUT2D eigenvalue weighted by atomic mass is 79.9. The summed E-state index contributed by atoms with van der Waals surface area (Å²) in [5.74, 6) is -3.36. The Morgan fingerprint density at radius 1 is 1.11 bits per heavy atom. The van der Waals surface area contributed by atoms with Gasteiger partial charge in [0.15, 0.2) is 17.9 Å². The van der Waals surface area contributed by atoms with Crippen LogP contribution in [0.3, 0.4) is 0 Å². The molecule has 4 N–H and O–H groups in total. The van der Waals surface area contributed by atoms with Crippen molar-refractivity contribution < 1.29 is 60.8 Å². The molecule has 0 aliphatic carbocycles. The van der Waals surface area contributed by atoms with Crippen molar-refractivity contribution in [2.24, 2.45) is 12.8 Å². The van der Waals surface area contributed by atoms with Crippen LogP contribution < -0.4 is 10.6 Å². The van der Waals surface area contributed by atoms with E-state index in [1.807, 2.05) is 32.0 Å². The Balaban J connectivity index is 0.000000907. The predicted octanol–water partition coefficient (Wildman–Crippen LogP) is 10.0. The van der Waals surface area contributed by atoms with Crippen LogP contribution in [0.2, 0.25) is 5.02 Å². The van der Waals surface area contributed by atoms with Crippen LogP contribution in [-0.4, -0.2) is 111 Å². The molecule has 0 bridgehead atoms. The summed E-state index contributed by atoms with van der Waals surface area (Å²) >= 11 is 25.1. The molecule has 3 aromatic rings. The Morgan fingerprint density at radius 2 is 1.68 bits per heavy atom. The number of carboxylic acid groups (broad SMARTS) is 1. The third-order valence-electron chi connectivity index (χ3n) is 8.31. The van der Waals surface area contributed by atoms with E-state index in [0.29, 0.717) is 24.4 Å². The van der Waals surface area contributed by atoms with Crippen LogP contribution in [0.25, 0.3) is 11.3 Å². The summed E-state index contributed by atoms with van der Waals surface area (Å²) in [6.45, 7) is 19.1. The van der Waals surface area contributed by atoms with Crippen molar-refractivity contribution >= 4 is 99.1 Å². The number of hydrogen-bond donors (Lipinski definition) is 3. The first-order valence-corrected chi connectivity index (χ1v) is 24.5. The third-order valence-corrected chi connectivity index (χ3v) is 11.1. The number of para-hydroxylation sites is 1. The Labute approximate surface area is 410 Å². The van der Waals surface area contributed by atoms with E-state index in [9.17, 15) is 41.3 Å². The van der Waals surface area contributed by atoms with E-state index >= 15 is 0 Å². The van der Waals surface area contributed by atoms with E-state index < -0.39 is 58.4 Å². The number of carbonyl (C=O) groups excluding carboxylic acids is 3. The molecular formula is C42H55BrCl4F4N5O9P. The Morgan fingerprint density at radius 3 is 2.11 bits per heavy atom. The van der Waals surface area contributed by atoms with Crippen molar-refractivity contribution in [3.63, 3.8) is 0 Å². The molecule has 1 heterocycles. The van der Waals surface area contributed by atoms with Crippen LogP contribution in [-0.2, 0) is 48.1 Å². The van der Waals surface area contributed by atoms with Gasteiger partial charge in [0.2, 0.25) is 5.91 Å². The van der Waals surface area contributed by atoms with Crippen LogP contribution in [0.4, 0.5) is 23.2 Å². The standard InChI is InChI=1S/C15H12BrClF4N2O2.C14H20ClNO2.C8H11Cl2NO.C5H12NO4P/c1-6(2)25-14(24)7-4-8(10(18)5-9(7)17)12-11(16)13(15(19,20)21)23(3)22-12;1-4-12-8-6-7-11(3)14(12)16(10-18-5-2)13(17)9-15;1-3-5-11(6-4-2)8(12)7(9)10;1-11(9,10)3-2-4(6)5(7)8/h4-6H,1-3H3;6-8H,4-5,9-10H2,1-3H3;3-4,7H,1-2,5-6H2;4H,2-3,6H2,1H3,(H,7,8)(H,9,10). The summed E-state index contributed by atoms with van der Waals surface area (Å²) in [6, 6.07) is 6.85. The zero-order chi connectivity index (χ0) is 51.3. The number of amides is 2. The number of alkyl halides is 6. The zero-order valence-electron chi connectivity index (χ0n) is 37.3. The summed E-state index contributed by atoms with van der Waals surface area (Å²) in [4.78, 5) is 56.1. The molecule has 0 fully saturated rings. The second-order valence-corrected chi connectivity index (χ2v) is 19.2. The SMILES string of the molecule is C=CCN(CC=C)C(=O)C(Cl)Cl.CC(C)OC(=O)c1cc(-c2nn(C)c(C(F)(F)F)c2Br)c(F)cc1Cl.CCOCN(C(=O)CCl)c1c(C)cccc1CC.CP(=O)(O)CCC(N)C(=O)O. The van der Waals surface area contributed by atoms with Crippen molar-refractivity contribution in [3.8, 4) is 11.3 Å². The fraction of sp³-hybridized carbons (Fsp3) is 0.452. The molecule has 2 atom stereocenters. The maximum atomic E-state index is 14.3. The lowest BCUT2D eigenvalue weighted by atomic mass is 10.0. The molecule has 0 spiro atoms. The minimum Gasteiger partial charge on any atom is -0.480 e. The summed E-state index contributed by atoms with van der Waals surface area (Å²) in [5.41, 5.74) is 6.36. The Bertz CT molecular complexity index is 2150. The van der Waals surface area contributed by atoms with E-state index in [2.05, 4.69) is 41.1 Å². The van der Waals surface area contributed by atoms with Crippen molar-refractivity contribution in [1.82, 2.24) is 14.7 Å². The number of carboxylic acids is 1.